The van der Waals surface area contributed by atoms with Crippen molar-refractivity contribution in [3.05, 3.63) is 18.5 Å². The van der Waals surface area contributed by atoms with E-state index in [-0.39, 0.29) is 11.9 Å². The third-order valence-corrected chi connectivity index (χ3v) is 3.63. The molecule has 0 aliphatic carbocycles. The number of nitrogens with one attached hydrogen (secondary N) is 1. The second kappa shape index (κ2) is 7.90. The summed E-state index contributed by atoms with van der Waals surface area (Å²) in [5.41, 5.74) is 5.45. The standard InChI is InChI=1S/C14H24N6O/c1-2-4-16-12(13(15)21)11-19-7-9-20(10-8-19)14-17-5-3-6-18-14/h3,5-6,12,16H,2,4,7-11H2,1H3,(H2,15,21). The van der Waals surface area contributed by atoms with Crippen molar-refractivity contribution < 1.29 is 4.79 Å². The van der Waals surface area contributed by atoms with E-state index in [0.29, 0.717) is 6.54 Å². The predicted octanol–water partition coefficient (Wildman–Crippen LogP) is -0.548. The minimum absolute atomic E-state index is 0.274. The zero-order chi connectivity index (χ0) is 15.1. The molecule has 0 saturated carbocycles. The molecule has 1 saturated heterocycles. The molecular weight excluding hydrogens is 268 g/mol. The summed E-state index contributed by atoms with van der Waals surface area (Å²) in [5, 5.41) is 3.20. The average Bonchev–Trinajstić information content (AvgIpc) is 2.52. The van der Waals surface area contributed by atoms with E-state index in [1.54, 1.807) is 12.4 Å². The number of nitrogens with zero attached hydrogens (tertiary/aromatic N) is 4. The molecule has 2 rings (SSSR count). The maximum atomic E-state index is 11.5. The van der Waals surface area contributed by atoms with Crippen molar-refractivity contribution >= 4 is 11.9 Å². The van der Waals surface area contributed by atoms with Crippen molar-refractivity contribution in [3.8, 4) is 0 Å². The van der Waals surface area contributed by atoms with Crippen LogP contribution in [0.5, 0.6) is 0 Å². The van der Waals surface area contributed by atoms with Gasteiger partial charge in [0.1, 0.15) is 0 Å². The second-order valence-corrected chi connectivity index (χ2v) is 5.25. The molecule has 7 heteroatoms. The Morgan fingerprint density at radius 2 is 2.00 bits per heavy atom. The van der Waals surface area contributed by atoms with Gasteiger partial charge < -0.3 is 16.0 Å². The minimum Gasteiger partial charge on any atom is -0.368 e. The number of rotatable bonds is 7. The summed E-state index contributed by atoms with van der Waals surface area (Å²) < 4.78 is 0. The summed E-state index contributed by atoms with van der Waals surface area (Å²) in [6.45, 7) is 7.05. The van der Waals surface area contributed by atoms with Gasteiger partial charge in [-0.25, -0.2) is 9.97 Å². The lowest BCUT2D eigenvalue weighted by Gasteiger charge is -2.36. The molecule has 1 aromatic heterocycles. The Hall–Kier alpha value is -1.73. The number of hydrogen-bond acceptors (Lipinski definition) is 6. The largest absolute Gasteiger partial charge is 0.368 e. The van der Waals surface area contributed by atoms with Crippen LogP contribution in [0.2, 0.25) is 0 Å². The van der Waals surface area contributed by atoms with Gasteiger partial charge in [0.15, 0.2) is 0 Å². The number of anilines is 1. The molecule has 7 nitrogen and oxygen atoms in total. The van der Waals surface area contributed by atoms with Crippen molar-refractivity contribution in [2.75, 3.05) is 44.2 Å². The third-order valence-electron chi connectivity index (χ3n) is 3.63. The molecule has 21 heavy (non-hydrogen) atoms. The first-order valence-corrected chi connectivity index (χ1v) is 7.47. The molecule has 1 aliphatic rings. The van der Waals surface area contributed by atoms with Gasteiger partial charge in [0, 0.05) is 45.1 Å². The van der Waals surface area contributed by atoms with E-state index in [4.69, 9.17) is 5.73 Å². The molecule has 0 bridgehead atoms. The smallest absolute Gasteiger partial charge is 0.235 e. The highest BCUT2D eigenvalue weighted by Gasteiger charge is 2.23. The SMILES string of the molecule is CCCNC(CN1CCN(c2ncccn2)CC1)C(N)=O. The van der Waals surface area contributed by atoms with Gasteiger partial charge >= 0.3 is 0 Å². The quantitative estimate of drug-likeness (QED) is 0.701. The van der Waals surface area contributed by atoms with Crippen molar-refractivity contribution in [1.29, 1.82) is 0 Å². The van der Waals surface area contributed by atoms with Crippen molar-refractivity contribution in [2.24, 2.45) is 5.73 Å². The van der Waals surface area contributed by atoms with E-state index in [9.17, 15) is 4.79 Å². The molecule has 116 valence electrons. The highest BCUT2D eigenvalue weighted by Crippen LogP contribution is 2.09. The van der Waals surface area contributed by atoms with Crippen molar-refractivity contribution in [2.45, 2.75) is 19.4 Å². The van der Waals surface area contributed by atoms with Crippen LogP contribution in [0.25, 0.3) is 0 Å². The van der Waals surface area contributed by atoms with E-state index in [1.807, 2.05) is 6.07 Å². The van der Waals surface area contributed by atoms with Crippen LogP contribution in [0, 0.1) is 0 Å². The van der Waals surface area contributed by atoms with Gasteiger partial charge in [0.2, 0.25) is 11.9 Å². The zero-order valence-corrected chi connectivity index (χ0v) is 12.5. The van der Waals surface area contributed by atoms with Gasteiger partial charge in [-0.2, -0.15) is 0 Å². The zero-order valence-electron chi connectivity index (χ0n) is 12.5. The Balaban J connectivity index is 1.81. The summed E-state index contributed by atoms with van der Waals surface area (Å²) in [6.07, 6.45) is 4.50. The molecule has 1 amide bonds. The molecule has 0 radical (unpaired) electrons. The number of piperazine rings is 1. The lowest BCUT2D eigenvalue weighted by molar-refractivity contribution is -0.120. The molecule has 3 N–H and O–H groups in total. The normalized spacial score (nSPS) is 17.7. The minimum atomic E-state index is -0.280. The maximum Gasteiger partial charge on any atom is 0.235 e. The van der Waals surface area contributed by atoms with Crippen molar-refractivity contribution in [3.63, 3.8) is 0 Å². The van der Waals surface area contributed by atoms with Gasteiger partial charge in [-0.15, -0.1) is 0 Å². The van der Waals surface area contributed by atoms with E-state index < -0.39 is 0 Å². The predicted molar refractivity (Wildman–Crippen MR) is 82.0 cm³/mol. The molecule has 1 unspecified atom stereocenters. The Bertz CT molecular complexity index is 432. The summed E-state index contributed by atoms with van der Waals surface area (Å²) in [6, 6.07) is 1.54. The van der Waals surface area contributed by atoms with Crippen LogP contribution in [0.3, 0.4) is 0 Å². The van der Waals surface area contributed by atoms with Crippen LogP contribution >= 0.6 is 0 Å². The van der Waals surface area contributed by atoms with Gasteiger partial charge in [-0.3, -0.25) is 9.69 Å². The summed E-state index contributed by atoms with van der Waals surface area (Å²) in [4.78, 5) is 24.4. The van der Waals surface area contributed by atoms with Crippen LogP contribution in [0.15, 0.2) is 18.5 Å². The summed E-state index contributed by atoms with van der Waals surface area (Å²) >= 11 is 0. The molecule has 1 atom stereocenters. The van der Waals surface area contributed by atoms with Gasteiger partial charge in [-0.05, 0) is 19.0 Å². The summed E-state index contributed by atoms with van der Waals surface area (Å²) in [7, 11) is 0. The number of nitrogens with two attached hydrogens (primary N) is 1. The Morgan fingerprint density at radius 3 is 2.57 bits per heavy atom. The molecule has 0 aromatic carbocycles. The third kappa shape index (κ3) is 4.64. The van der Waals surface area contributed by atoms with Crippen LogP contribution in [-0.2, 0) is 4.79 Å². The monoisotopic (exact) mass is 292 g/mol. The number of hydrogen-bond donors (Lipinski definition) is 2. The average molecular weight is 292 g/mol. The number of primary amides is 1. The Labute approximate surface area is 125 Å². The van der Waals surface area contributed by atoms with E-state index >= 15 is 0 Å². The van der Waals surface area contributed by atoms with Gasteiger partial charge in [-0.1, -0.05) is 6.92 Å². The lowest BCUT2D eigenvalue weighted by Crippen LogP contribution is -2.54. The number of carbonyl (C=O) groups is 1. The van der Waals surface area contributed by atoms with E-state index in [0.717, 1.165) is 45.1 Å². The topological polar surface area (TPSA) is 87.4 Å². The highest BCUT2D eigenvalue weighted by atomic mass is 16.1. The molecule has 1 aliphatic heterocycles. The van der Waals surface area contributed by atoms with Gasteiger partial charge in [0.25, 0.3) is 0 Å². The van der Waals surface area contributed by atoms with E-state index in [2.05, 4.69) is 32.0 Å². The molecule has 2 heterocycles. The second-order valence-electron chi connectivity index (χ2n) is 5.25. The van der Waals surface area contributed by atoms with Crippen molar-refractivity contribution in [1.82, 2.24) is 20.2 Å². The molecule has 1 fully saturated rings. The van der Waals surface area contributed by atoms with E-state index in [1.165, 1.54) is 0 Å². The Morgan fingerprint density at radius 1 is 1.33 bits per heavy atom. The highest BCUT2D eigenvalue weighted by molar-refractivity contribution is 5.80. The van der Waals surface area contributed by atoms with Crippen LogP contribution in [0.1, 0.15) is 13.3 Å². The lowest BCUT2D eigenvalue weighted by atomic mass is 10.2. The molecule has 1 aromatic rings. The summed E-state index contributed by atoms with van der Waals surface area (Å²) in [5.74, 6) is 0.491. The number of carbonyl (C=O) groups excluding carboxylic acids is 1. The van der Waals surface area contributed by atoms with Crippen LogP contribution in [0.4, 0.5) is 5.95 Å². The fraction of sp³-hybridized carbons (Fsp3) is 0.643. The first kappa shape index (κ1) is 15.7. The molecular formula is C14H24N6O. The number of amides is 1. The first-order chi connectivity index (χ1) is 10.2. The van der Waals surface area contributed by atoms with Crippen LogP contribution in [-0.4, -0.2) is 66.1 Å². The van der Waals surface area contributed by atoms with Gasteiger partial charge in [0.05, 0.1) is 6.04 Å². The fourth-order valence-electron chi connectivity index (χ4n) is 2.42. The van der Waals surface area contributed by atoms with Crippen LogP contribution < -0.4 is 16.0 Å². The molecule has 0 spiro atoms. The number of aromatic nitrogens is 2. The Kier molecular flexibility index (Phi) is 5.89. The fourth-order valence-corrected chi connectivity index (χ4v) is 2.42. The maximum absolute atomic E-state index is 11.5. The first-order valence-electron chi connectivity index (χ1n) is 7.47.